The minimum atomic E-state index is -0.953. The minimum Gasteiger partial charge on any atom is -0.481 e. The van der Waals surface area contributed by atoms with Crippen LogP contribution in [0, 0.1) is 0 Å². The number of urea groups is 1. The fraction of sp³-hybridized carbons (Fsp3) is 0.467. The van der Waals surface area contributed by atoms with E-state index < -0.39 is 18.2 Å². The van der Waals surface area contributed by atoms with Crippen molar-refractivity contribution in [2.45, 2.75) is 39.3 Å². The fourth-order valence-corrected chi connectivity index (χ4v) is 1.80. The molecule has 0 saturated heterocycles. The Kier molecular flexibility index (Phi) is 6.52. The van der Waals surface area contributed by atoms with Gasteiger partial charge in [0.2, 0.25) is 0 Å². The molecule has 0 saturated carbocycles. The van der Waals surface area contributed by atoms with Crippen LogP contribution in [0.1, 0.15) is 38.7 Å². The number of carboxylic acids is 1. The Morgan fingerprint density at radius 3 is 2.52 bits per heavy atom. The van der Waals surface area contributed by atoms with E-state index in [4.69, 9.17) is 9.84 Å². The van der Waals surface area contributed by atoms with Crippen molar-refractivity contribution in [1.82, 2.24) is 10.6 Å². The molecule has 0 aliphatic rings. The molecule has 1 rings (SSSR count). The van der Waals surface area contributed by atoms with Crippen LogP contribution < -0.4 is 15.4 Å². The Balaban J connectivity index is 2.48. The molecule has 1 unspecified atom stereocenters. The number of ether oxygens (including phenoxy) is 1. The zero-order valence-corrected chi connectivity index (χ0v) is 12.6. The molecule has 0 aliphatic carbocycles. The number of para-hydroxylation sites is 1. The summed E-state index contributed by atoms with van der Waals surface area (Å²) in [7, 11) is 0. The highest BCUT2D eigenvalue weighted by Crippen LogP contribution is 2.26. The number of rotatable bonds is 7. The molecule has 0 aliphatic heterocycles. The van der Waals surface area contributed by atoms with Crippen LogP contribution in [0.3, 0.4) is 0 Å². The van der Waals surface area contributed by atoms with E-state index in [1.165, 1.54) is 0 Å². The lowest BCUT2D eigenvalue weighted by Gasteiger charge is -2.20. The lowest BCUT2D eigenvalue weighted by molar-refractivity contribution is -0.136. The normalized spacial score (nSPS) is 11.8. The molecule has 1 aromatic rings. The molecule has 1 aromatic carbocycles. The number of amides is 2. The quantitative estimate of drug-likeness (QED) is 0.673. The molecule has 0 fully saturated rings. The molecule has 116 valence electrons. The van der Waals surface area contributed by atoms with Crippen molar-refractivity contribution < 1.29 is 19.4 Å². The summed E-state index contributed by atoms with van der Waals surface area (Å²) in [6, 6.07) is 7.21. The second-order valence-electron chi connectivity index (χ2n) is 5.00. The van der Waals surface area contributed by atoms with Gasteiger partial charge < -0.3 is 20.5 Å². The van der Waals surface area contributed by atoms with Crippen molar-refractivity contribution in [1.29, 1.82) is 0 Å². The van der Waals surface area contributed by atoms with Crippen LogP contribution in [0.5, 0.6) is 5.75 Å². The highest BCUT2D eigenvalue weighted by Gasteiger charge is 2.12. The Morgan fingerprint density at radius 2 is 1.90 bits per heavy atom. The molecule has 6 heteroatoms. The number of nitrogens with one attached hydrogen (secondary N) is 2. The van der Waals surface area contributed by atoms with E-state index in [-0.39, 0.29) is 13.0 Å². The van der Waals surface area contributed by atoms with Crippen LogP contribution in [0.4, 0.5) is 4.79 Å². The first-order valence-corrected chi connectivity index (χ1v) is 6.92. The van der Waals surface area contributed by atoms with Crippen molar-refractivity contribution >= 4 is 12.0 Å². The van der Waals surface area contributed by atoms with Gasteiger partial charge in [-0.05, 0) is 24.5 Å². The largest absolute Gasteiger partial charge is 0.481 e. The van der Waals surface area contributed by atoms with Gasteiger partial charge in [0.15, 0.2) is 6.23 Å². The zero-order chi connectivity index (χ0) is 15.8. The van der Waals surface area contributed by atoms with Crippen LogP contribution in [-0.2, 0) is 4.79 Å². The van der Waals surface area contributed by atoms with E-state index in [0.29, 0.717) is 5.92 Å². The average Bonchev–Trinajstić information content (AvgIpc) is 2.38. The monoisotopic (exact) mass is 294 g/mol. The van der Waals surface area contributed by atoms with Crippen LogP contribution in [0.2, 0.25) is 0 Å². The van der Waals surface area contributed by atoms with Gasteiger partial charge in [-0.3, -0.25) is 4.79 Å². The van der Waals surface area contributed by atoms with E-state index in [1.54, 1.807) is 6.92 Å². The smallest absolute Gasteiger partial charge is 0.317 e. The van der Waals surface area contributed by atoms with Crippen LogP contribution in [-0.4, -0.2) is 29.9 Å². The number of carboxylic acid groups (broad SMARTS) is 1. The standard InChI is InChI=1S/C15H22N2O4/c1-10(2)12-6-4-5-7-13(12)21-11(3)17-15(20)16-9-8-14(18)19/h4-7,10-11H,8-9H2,1-3H3,(H,18,19)(H2,16,17,20). The van der Waals surface area contributed by atoms with E-state index >= 15 is 0 Å². The first kappa shape index (κ1) is 16.8. The van der Waals surface area contributed by atoms with Gasteiger partial charge in [0.1, 0.15) is 5.75 Å². The van der Waals surface area contributed by atoms with Gasteiger partial charge >= 0.3 is 12.0 Å². The molecule has 1 atom stereocenters. The molecule has 0 heterocycles. The summed E-state index contributed by atoms with van der Waals surface area (Å²) < 4.78 is 5.72. The van der Waals surface area contributed by atoms with E-state index in [2.05, 4.69) is 24.5 Å². The molecule has 0 spiro atoms. The Morgan fingerprint density at radius 1 is 1.24 bits per heavy atom. The number of aliphatic carboxylic acids is 1. The van der Waals surface area contributed by atoms with E-state index in [9.17, 15) is 9.59 Å². The number of benzene rings is 1. The number of carbonyl (C=O) groups is 2. The third-order valence-electron chi connectivity index (χ3n) is 2.80. The van der Waals surface area contributed by atoms with Gasteiger partial charge in [0.05, 0.1) is 6.42 Å². The summed E-state index contributed by atoms with van der Waals surface area (Å²) in [4.78, 5) is 21.9. The molecule has 2 amide bonds. The molecular weight excluding hydrogens is 272 g/mol. The number of hydrogen-bond donors (Lipinski definition) is 3. The average molecular weight is 294 g/mol. The highest BCUT2D eigenvalue weighted by molar-refractivity contribution is 5.75. The maximum absolute atomic E-state index is 11.5. The fourth-order valence-electron chi connectivity index (χ4n) is 1.80. The van der Waals surface area contributed by atoms with Crippen LogP contribution in [0.15, 0.2) is 24.3 Å². The second-order valence-corrected chi connectivity index (χ2v) is 5.00. The van der Waals surface area contributed by atoms with Gasteiger partial charge in [0.25, 0.3) is 0 Å². The predicted octanol–water partition coefficient (Wildman–Crippen LogP) is 2.31. The van der Waals surface area contributed by atoms with Crippen molar-refractivity contribution in [3.05, 3.63) is 29.8 Å². The summed E-state index contributed by atoms with van der Waals surface area (Å²) in [6.45, 7) is 5.93. The topological polar surface area (TPSA) is 87.7 Å². The lowest BCUT2D eigenvalue weighted by atomic mass is 10.0. The van der Waals surface area contributed by atoms with Crippen molar-refractivity contribution in [2.24, 2.45) is 0 Å². The van der Waals surface area contributed by atoms with Gasteiger partial charge in [-0.15, -0.1) is 0 Å². The van der Waals surface area contributed by atoms with Crippen molar-refractivity contribution in [3.63, 3.8) is 0 Å². The van der Waals surface area contributed by atoms with Gasteiger partial charge in [-0.2, -0.15) is 0 Å². The summed E-state index contributed by atoms with van der Waals surface area (Å²) in [5.41, 5.74) is 1.07. The molecule has 21 heavy (non-hydrogen) atoms. The molecular formula is C15H22N2O4. The van der Waals surface area contributed by atoms with Crippen LogP contribution >= 0.6 is 0 Å². The first-order chi connectivity index (χ1) is 9.90. The van der Waals surface area contributed by atoms with Crippen molar-refractivity contribution in [2.75, 3.05) is 6.54 Å². The minimum absolute atomic E-state index is 0.0798. The second kappa shape index (κ2) is 8.14. The van der Waals surface area contributed by atoms with Crippen LogP contribution in [0.25, 0.3) is 0 Å². The summed E-state index contributed by atoms with van der Waals surface area (Å²) >= 11 is 0. The lowest BCUT2D eigenvalue weighted by Crippen LogP contribution is -2.44. The molecule has 0 aromatic heterocycles. The number of hydrogen-bond acceptors (Lipinski definition) is 3. The summed E-state index contributed by atoms with van der Waals surface area (Å²) in [5, 5.41) is 13.5. The summed E-state index contributed by atoms with van der Waals surface area (Å²) in [5.74, 6) is 0.0917. The van der Waals surface area contributed by atoms with E-state index in [1.807, 2.05) is 24.3 Å². The van der Waals surface area contributed by atoms with Gasteiger partial charge in [-0.25, -0.2) is 4.79 Å². The maximum Gasteiger partial charge on any atom is 0.317 e. The molecule has 0 radical (unpaired) electrons. The van der Waals surface area contributed by atoms with Gasteiger partial charge in [0, 0.05) is 6.54 Å². The highest BCUT2D eigenvalue weighted by atomic mass is 16.5. The Hall–Kier alpha value is -2.24. The molecule has 6 nitrogen and oxygen atoms in total. The Bertz CT molecular complexity index is 488. The summed E-state index contributed by atoms with van der Waals surface area (Å²) in [6.07, 6.45) is -0.631. The zero-order valence-electron chi connectivity index (χ0n) is 12.6. The third-order valence-corrected chi connectivity index (χ3v) is 2.80. The maximum atomic E-state index is 11.5. The van der Waals surface area contributed by atoms with Gasteiger partial charge in [-0.1, -0.05) is 32.0 Å². The first-order valence-electron chi connectivity index (χ1n) is 6.92. The predicted molar refractivity (Wildman–Crippen MR) is 79.4 cm³/mol. The third kappa shape index (κ3) is 6.16. The molecule has 3 N–H and O–H groups in total. The number of carbonyl (C=O) groups excluding carboxylic acids is 1. The van der Waals surface area contributed by atoms with E-state index in [0.717, 1.165) is 11.3 Å². The molecule has 0 bridgehead atoms. The Labute approximate surface area is 124 Å². The van der Waals surface area contributed by atoms with Crippen molar-refractivity contribution in [3.8, 4) is 5.75 Å². The SMILES string of the molecule is CC(NC(=O)NCCC(=O)O)Oc1ccccc1C(C)C.